The molecule has 2 heterocycles. The molecule has 1 fully saturated rings. The van der Waals surface area contributed by atoms with E-state index in [1.54, 1.807) is 15.5 Å². The van der Waals surface area contributed by atoms with Crippen LogP contribution in [0.5, 0.6) is 0 Å². The minimum absolute atomic E-state index is 0.0247. The summed E-state index contributed by atoms with van der Waals surface area (Å²) in [6, 6.07) is 3.93. The molecule has 2 aromatic rings. The van der Waals surface area contributed by atoms with Crippen molar-refractivity contribution in [1.29, 1.82) is 0 Å². The number of aryl methyl sites for hydroxylation is 1. The number of likely N-dealkylation sites (tertiary alicyclic amines) is 1. The Balaban J connectivity index is 1.48. The van der Waals surface area contributed by atoms with Crippen LogP contribution in [-0.2, 0) is 17.8 Å². The summed E-state index contributed by atoms with van der Waals surface area (Å²) in [6.07, 6.45) is 0.929. The van der Waals surface area contributed by atoms with Gasteiger partial charge in [-0.15, -0.1) is 0 Å². The molecule has 1 amide bonds. The van der Waals surface area contributed by atoms with Crippen LogP contribution in [0.3, 0.4) is 0 Å². The summed E-state index contributed by atoms with van der Waals surface area (Å²) in [5.74, 6) is -1.39. The average Bonchev–Trinajstić information content (AvgIpc) is 2.76. The maximum atomic E-state index is 13.2. The number of carbonyl (C=O) groups excluding carboxylic acids is 1. The highest BCUT2D eigenvalue weighted by Gasteiger charge is 2.30. The number of aromatic nitrogens is 1. The molecule has 0 atom stereocenters. The van der Waals surface area contributed by atoms with Crippen molar-refractivity contribution in [2.24, 2.45) is 5.92 Å². The second kappa shape index (κ2) is 7.07. The average molecular weight is 366 g/mol. The zero-order valence-electron chi connectivity index (χ0n) is 14.2. The number of nitrogens with zero attached hydrogens (tertiary/aromatic N) is 2. The van der Waals surface area contributed by atoms with Gasteiger partial charge in [-0.1, -0.05) is 17.4 Å². The van der Waals surface area contributed by atoms with Gasteiger partial charge in [0.2, 0.25) is 5.91 Å². The SMILES string of the molecule is Cc1sc(=O)n(CCC(=O)N2CC(Cc3ccc(F)c(F)c3)C2)c1C. The largest absolute Gasteiger partial charge is 0.342 e. The zero-order valence-corrected chi connectivity index (χ0v) is 15.0. The van der Waals surface area contributed by atoms with Gasteiger partial charge in [0.1, 0.15) is 0 Å². The molecule has 1 saturated heterocycles. The highest BCUT2D eigenvalue weighted by atomic mass is 32.1. The molecule has 0 unspecified atom stereocenters. The molecule has 134 valence electrons. The third-order valence-corrected chi connectivity index (χ3v) is 5.74. The summed E-state index contributed by atoms with van der Waals surface area (Å²) < 4.78 is 27.8. The van der Waals surface area contributed by atoms with Crippen molar-refractivity contribution in [2.45, 2.75) is 33.2 Å². The molecule has 3 rings (SSSR count). The lowest BCUT2D eigenvalue weighted by molar-refractivity contribution is -0.137. The van der Waals surface area contributed by atoms with Gasteiger partial charge in [0.25, 0.3) is 0 Å². The summed E-state index contributed by atoms with van der Waals surface area (Å²) in [5.41, 5.74) is 1.66. The van der Waals surface area contributed by atoms with E-state index in [1.165, 1.54) is 17.4 Å². The topological polar surface area (TPSA) is 42.3 Å². The molecule has 1 aliphatic heterocycles. The number of rotatable bonds is 5. The Morgan fingerprint density at radius 3 is 2.56 bits per heavy atom. The van der Waals surface area contributed by atoms with Gasteiger partial charge in [-0.2, -0.15) is 0 Å². The van der Waals surface area contributed by atoms with Crippen molar-refractivity contribution >= 4 is 17.2 Å². The Kier molecular flexibility index (Phi) is 5.03. The molecule has 1 aromatic carbocycles. The molecule has 0 saturated carbocycles. The quantitative estimate of drug-likeness (QED) is 0.817. The Morgan fingerprint density at radius 1 is 1.24 bits per heavy atom. The third kappa shape index (κ3) is 3.81. The Hall–Kier alpha value is -2.02. The standard InChI is InChI=1S/C18H20F2N2O2S/c1-11-12(2)25-18(24)22(11)6-5-17(23)21-9-14(10-21)7-13-3-4-15(19)16(20)8-13/h3-4,8,14H,5-7,9-10H2,1-2H3. The van der Waals surface area contributed by atoms with E-state index in [-0.39, 0.29) is 16.7 Å². The molecule has 0 radical (unpaired) electrons. The fourth-order valence-corrected chi connectivity index (χ4v) is 3.97. The molecule has 0 spiro atoms. The lowest BCUT2D eigenvalue weighted by atomic mass is 9.92. The van der Waals surface area contributed by atoms with E-state index in [0.29, 0.717) is 32.5 Å². The van der Waals surface area contributed by atoms with Crippen LogP contribution in [0.2, 0.25) is 0 Å². The molecule has 0 aliphatic carbocycles. The van der Waals surface area contributed by atoms with Crippen LogP contribution in [0.4, 0.5) is 8.78 Å². The first-order valence-corrected chi connectivity index (χ1v) is 9.05. The molecule has 0 N–H and O–H groups in total. The summed E-state index contributed by atoms with van der Waals surface area (Å²) in [4.78, 5) is 26.8. The number of amides is 1. The van der Waals surface area contributed by atoms with Crippen molar-refractivity contribution < 1.29 is 13.6 Å². The summed E-state index contributed by atoms with van der Waals surface area (Å²) >= 11 is 1.20. The maximum Gasteiger partial charge on any atom is 0.307 e. The summed E-state index contributed by atoms with van der Waals surface area (Å²) in [7, 11) is 0. The zero-order chi connectivity index (χ0) is 18.1. The molecule has 1 aliphatic rings. The van der Waals surface area contributed by atoms with E-state index < -0.39 is 11.6 Å². The molecular formula is C18H20F2N2O2S. The Bertz CT molecular complexity index is 853. The van der Waals surface area contributed by atoms with Crippen LogP contribution >= 0.6 is 11.3 Å². The fraction of sp³-hybridized carbons (Fsp3) is 0.444. The first-order chi connectivity index (χ1) is 11.8. The van der Waals surface area contributed by atoms with Crippen molar-refractivity contribution in [3.8, 4) is 0 Å². The normalized spacial score (nSPS) is 14.6. The van der Waals surface area contributed by atoms with E-state index in [9.17, 15) is 18.4 Å². The van der Waals surface area contributed by atoms with Gasteiger partial charge in [0.05, 0.1) is 0 Å². The van der Waals surface area contributed by atoms with Gasteiger partial charge >= 0.3 is 4.87 Å². The monoisotopic (exact) mass is 366 g/mol. The van der Waals surface area contributed by atoms with E-state index in [2.05, 4.69) is 0 Å². The number of halogens is 2. The van der Waals surface area contributed by atoms with Gasteiger partial charge in [-0.05, 0) is 43.9 Å². The van der Waals surface area contributed by atoms with Gasteiger partial charge in [-0.25, -0.2) is 8.78 Å². The van der Waals surface area contributed by atoms with Crippen LogP contribution in [0.25, 0.3) is 0 Å². The lowest BCUT2D eigenvalue weighted by Gasteiger charge is -2.39. The second-order valence-electron chi connectivity index (χ2n) is 6.53. The first kappa shape index (κ1) is 17.8. The number of hydrogen-bond donors (Lipinski definition) is 0. The van der Waals surface area contributed by atoms with Gasteiger partial charge in [0, 0.05) is 36.6 Å². The molecule has 7 heteroatoms. The number of carbonyl (C=O) groups is 1. The van der Waals surface area contributed by atoms with E-state index >= 15 is 0 Å². The third-order valence-electron chi connectivity index (χ3n) is 4.74. The molecule has 0 bridgehead atoms. The predicted octanol–water partition coefficient (Wildman–Crippen LogP) is 2.90. The number of hydrogen-bond acceptors (Lipinski definition) is 3. The van der Waals surface area contributed by atoms with Crippen molar-refractivity contribution in [2.75, 3.05) is 13.1 Å². The molecule has 1 aromatic heterocycles. The van der Waals surface area contributed by atoms with Crippen LogP contribution in [0.1, 0.15) is 22.6 Å². The predicted molar refractivity (Wildman–Crippen MR) is 92.8 cm³/mol. The first-order valence-electron chi connectivity index (χ1n) is 8.23. The minimum Gasteiger partial charge on any atom is -0.342 e. The second-order valence-corrected chi connectivity index (χ2v) is 7.69. The number of benzene rings is 1. The molecule has 4 nitrogen and oxygen atoms in total. The number of thiazole rings is 1. The summed E-state index contributed by atoms with van der Waals surface area (Å²) in [5, 5.41) is 0. The smallest absolute Gasteiger partial charge is 0.307 e. The van der Waals surface area contributed by atoms with Crippen LogP contribution in [0, 0.1) is 31.4 Å². The minimum atomic E-state index is -0.844. The van der Waals surface area contributed by atoms with Crippen LogP contribution in [-0.4, -0.2) is 28.5 Å². The highest BCUT2D eigenvalue weighted by molar-refractivity contribution is 7.09. The van der Waals surface area contributed by atoms with Crippen molar-refractivity contribution in [3.05, 3.63) is 55.6 Å². The fourth-order valence-electron chi connectivity index (χ4n) is 3.11. The maximum absolute atomic E-state index is 13.2. The van der Waals surface area contributed by atoms with Gasteiger partial charge in [0.15, 0.2) is 11.6 Å². The van der Waals surface area contributed by atoms with Crippen LogP contribution < -0.4 is 4.87 Å². The Morgan fingerprint density at radius 2 is 1.96 bits per heavy atom. The van der Waals surface area contributed by atoms with Crippen molar-refractivity contribution in [1.82, 2.24) is 9.47 Å². The molecule has 25 heavy (non-hydrogen) atoms. The highest BCUT2D eigenvalue weighted by Crippen LogP contribution is 2.22. The lowest BCUT2D eigenvalue weighted by Crippen LogP contribution is -2.51. The van der Waals surface area contributed by atoms with Gasteiger partial charge in [-0.3, -0.25) is 9.59 Å². The van der Waals surface area contributed by atoms with E-state index in [4.69, 9.17) is 0 Å². The van der Waals surface area contributed by atoms with E-state index in [1.807, 2.05) is 13.8 Å². The van der Waals surface area contributed by atoms with Crippen LogP contribution in [0.15, 0.2) is 23.0 Å². The van der Waals surface area contributed by atoms with Crippen molar-refractivity contribution in [3.63, 3.8) is 0 Å². The van der Waals surface area contributed by atoms with Gasteiger partial charge < -0.3 is 9.47 Å². The Labute approximate surface area is 148 Å². The summed E-state index contributed by atoms with van der Waals surface area (Å²) in [6.45, 7) is 5.43. The molecular weight excluding hydrogens is 346 g/mol. The van der Waals surface area contributed by atoms with E-state index in [0.717, 1.165) is 22.2 Å².